The van der Waals surface area contributed by atoms with Crippen LogP contribution in [0, 0.1) is 25.2 Å². The highest BCUT2D eigenvalue weighted by atomic mass is 16.1. The first-order valence-corrected chi connectivity index (χ1v) is 11.5. The number of aryl methyl sites for hydroxylation is 2. The Morgan fingerprint density at radius 2 is 1.92 bits per heavy atom. The minimum atomic E-state index is -0.546. The summed E-state index contributed by atoms with van der Waals surface area (Å²) in [7, 11) is 1.79. The summed E-state index contributed by atoms with van der Waals surface area (Å²) in [5.74, 6) is 1.77. The molecule has 0 spiro atoms. The molecule has 4 aromatic rings. The fourth-order valence-electron chi connectivity index (χ4n) is 3.92. The van der Waals surface area contributed by atoms with Gasteiger partial charge in [0.05, 0.1) is 22.9 Å². The number of rotatable bonds is 7. The van der Waals surface area contributed by atoms with Crippen LogP contribution in [0.25, 0.3) is 5.82 Å². The van der Waals surface area contributed by atoms with E-state index in [-0.39, 0.29) is 5.91 Å². The molecular formula is C26H25N9O. The van der Waals surface area contributed by atoms with E-state index < -0.39 is 5.41 Å². The fraction of sp³-hybridized carbons (Fsp3) is 0.231. The van der Waals surface area contributed by atoms with Gasteiger partial charge in [-0.1, -0.05) is 6.07 Å². The Hall–Kier alpha value is -4.78. The van der Waals surface area contributed by atoms with Gasteiger partial charge >= 0.3 is 0 Å². The van der Waals surface area contributed by atoms with Gasteiger partial charge in [-0.3, -0.25) is 9.78 Å². The molecule has 0 aliphatic heterocycles. The third-order valence-corrected chi connectivity index (χ3v) is 6.19. The monoisotopic (exact) mass is 479 g/mol. The summed E-state index contributed by atoms with van der Waals surface area (Å²) in [5.41, 5.74) is 3.84. The Bertz CT molecular complexity index is 1500. The van der Waals surface area contributed by atoms with E-state index in [0.717, 1.165) is 35.6 Å². The van der Waals surface area contributed by atoms with Crippen LogP contribution in [-0.2, 0) is 5.41 Å². The number of hydrogen-bond acceptors (Lipinski definition) is 8. The molecule has 180 valence electrons. The van der Waals surface area contributed by atoms with Gasteiger partial charge in [-0.15, -0.1) is 0 Å². The molecule has 0 bridgehead atoms. The smallest absolute Gasteiger partial charge is 0.255 e. The number of benzene rings is 1. The van der Waals surface area contributed by atoms with Crippen molar-refractivity contribution in [3.05, 3.63) is 77.5 Å². The van der Waals surface area contributed by atoms with Crippen LogP contribution in [0.3, 0.4) is 0 Å². The highest BCUT2D eigenvalue weighted by Crippen LogP contribution is 2.46. The van der Waals surface area contributed by atoms with Gasteiger partial charge in [0, 0.05) is 42.3 Å². The maximum Gasteiger partial charge on any atom is 0.255 e. The lowest BCUT2D eigenvalue weighted by atomic mass is 10.0. The summed E-state index contributed by atoms with van der Waals surface area (Å²) >= 11 is 0. The molecule has 1 aromatic carbocycles. The Kier molecular flexibility index (Phi) is 5.82. The van der Waals surface area contributed by atoms with Gasteiger partial charge in [-0.2, -0.15) is 15.0 Å². The minimum absolute atomic E-state index is 0.261. The van der Waals surface area contributed by atoms with Crippen molar-refractivity contribution in [2.45, 2.75) is 32.1 Å². The molecule has 36 heavy (non-hydrogen) atoms. The van der Waals surface area contributed by atoms with E-state index in [4.69, 9.17) is 0 Å². The number of pyridine rings is 1. The summed E-state index contributed by atoms with van der Waals surface area (Å²) in [4.78, 5) is 25.8. The van der Waals surface area contributed by atoms with Crippen molar-refractivity contribution in [3.63, 3.8) is 0 Å². The molecule has 1 fully saturated rings. The van der Waals surface area contributed by atoms with Crippen molar-refractivity contribution in [2.24, 2.45) is 0 Å². The van der Waals surface area contributed by atoms with Gasteiger partial charge in [0.2, 0.25) is 0 Å². The number of nitrogens with zero attached hydrogens (tertiary/aromatic N) is 6. The third-order valence-electron chi connectivity index (χ3n) is 6.19. The molecule has 10 nitrogen and oxygen atoms in total. The maximum absolute atomic E-state index is 13.0. The van der Waals surface area contributed by atoms with Gasteiger partial charge < -0.3 is 16.0 Å². The van der Waals surface area contributed by atoms with Crippen molar-refractivity contribution in [3.8, 4) is 11.9 Å². The fourth-order valence-corrected chi connectivity index (χ4v) is 3.92. The molecule has 3 heterocycles. The van der Waals surface area contributed by atoms with Gasteiger partial charge in [0.25, 0.3) is 5.91 Å². The third kappa shape index (κ3) is 4.46. The van der Waals surface area contributed by atoms with E-state index >= 15 is 0 Å². The summed E-state index contributed by atoms with van der Waals surface area (Å²) in [6.07, 6.45) is 4.61. The number of nitrogens with one attached hydrogen (secondary N) is 3. The highest BCUT2D eigenvalue weighted by molar-refractivity contribution is 6.04. The Labute approximate surface area is 208 Å². The summed E-state index contributed by atoms with van der Waals surface area (Å²) in [6, 6.07) is 15.1. The molecule has 0 radical (unpaired) electrons. The number of hydrogen-bond donors (Lipinski definition) is 3. The maximum atomic E-state index is 13.0. The number of anilines is 4. The van der Waals surface area contributed by atoms with E-state index in [2.05, 4.69) is 42.1 Å². The second-order valence-corrected chi connectivity index (χ2v) is 8.83. The van der Waals surface area contributed by atoms with Crippen molar-refractivity contribution in [1.29, 1.82) is 5.26 Å². The van der Waals surface area contributed by atoms with Gasteiger partial charge in [-0.05, 0) is 56.5 Å². The molecule has 1 amide bonds. The lowest BCUT2D eigenvalue weighted by Crippen LogP contribution is -2.14. The average molecular weight is 480 g/mol. The van der Waals surface area contributed by atoms with Gasteiger partial charge in [0.15, 0.2) is 5.82 Å². The zero-order valence-corrected chi connectivity index (χ0v) is 20.2. The van der Waals surface area contributed by atoms with Gasteiger partial charge in [0.1, 0.15) is 18.0 Å². The van der Waals surface area contributed by atoms with Crippen molar-refractivity contribution >= 4 is 28.9 Å². The Morgan fingerprint density at radius 1 is 1.08 bits per heavy atom. The molecule has 0 saturated heterocycles. The number of nitriles is 1. The van der Waals surface area contributed by atoms with E-state index in [1.165, 1.54) is 6.33 Å². The van der Waals surface area contributed by atoms with Crippen LogP contribution >= 0.6 is 0 Å². The lowest BCUT2D eigenvalue weighted by Gasteiger charge is -2.14. The second kappa shape index (κ2) is 9.11. The number of amides is 1. The molecule has 10 heteroatoms. The molecule has 1 aliphatic rings. The summed E-state index contributed by atoms with van der Waals surface area (Å²) in [6.45, 7) is 3.89. The summed E-state index contributed by atoms with van der Waals surface area (Å²) < 4.78 is 1.71. The van der Waals surface area contributed by atoms with E-state index in [1.54, 1.807) is 30.1 Å². The first-order chi connectivity index (χ1) is 17.4. The number of carbonyl (C=O) groups excluding carboxylic acids is 1. The molecule has 0 unspecified atom stereocenters. The predicted molar refractivity (Wildman–Crippen MR) is 137 cm³/mol. The van der Waals surface area contributed by atoms with Crippen LogP contribution < -0.4 is 16.0 Å². The number of carbonyl (C=O) groups is 1. The van der Waals surface area contributed by atoms with Crippen LogP contribution in [0.15, 0.2) is 55.0 Å². The largest absolute Gasteiger partial charge is 0.373 e. The first kappa shape index (κ1) is 23.0. The van der Waals surface area contributed by atoms with E-state index in [0.29, 0.717) is 28.6 Å². The zero-order chi connectivity index (χ0) is 25.3. The van der Waals surface area contributed by atoms with Gasteiger partial charge in [-0.25, -0.2) is 9.97 Å². The zero-order valence-electron chi connectivity index (χ0n) is 20.2. The second-order valence-electron chi connectivity index (χ2n) is 8.83. The van der Waals surface area contributed by atoms with Crippen LogP contribution in [-0.4, -0.2) is 37.7 Å². The topological polar surface area (TPSA) is 133 Å². The standard InChI is InChI=1S/C26H25N9O/c1-16-4-5-19(32-25(36)18-6-9-29-21(11-18)26(14-27)7-8-26)12-20(16)33-24-10-17(2)34-35(24)23-13-22(28-3)30-15-31-23/h4-6,9-13,15,33H,7-8H2,1-3H3,(H,32,36)(H,28,30,31). The molecule has 0 atom stereocenters. The molecule has 5 rings (SSSR count). The normalized spacial score (nSPS) is 13.5. The Morgan fingerprint density at radius 3 is 2.67 bits per heavy atom. The van der Waals surface area contributed by atoms with Crippen molar-refractivity contribution in [1.82, 2.24) is 24.7 Å². The minimum Gasteiger partial charge on any atom is -0.373 e. The predicted octanol–water partition coefficient (Wildman–Crippen LogP) is 4.27. The highest BCUT2D eigenvalue weighted by Gasteiger charge is 2.46. The van der Waals surface area contributed by atoms with Crippen LogP contribution in [0.5, 0.6) is 0 Å². The van der Waals surface area contributed by atoms with E-state index in [9.17, 15) is 10.1 Å². The SMILES string of the molecule is CNc1cc(-n2nc(C)cc2Nc2cc(NC(=O)c3ccnc(C4(C#N)CC4)c3)ccc2C)ncn1. The van der Waals surface area contributed by atoms with Crippen LogP contribution in [0.2, 0.25) is 0 Å². The van der Waals surface area contributed by atoms with Crippen molar-refractivity contribution in [2.75, 3.05) is 23.0 Å². The summed E-state index contributed by atoms with van der Waals surface area (Å²) in [5, 5.41) is 23.4. The first-order valence-electron chi connectivity index (χ1n) is 11.5. The average Bonchev–Trinajstić information content (AvgIpc) is 3.62. The molecule has 3 aromatic heterocycles. The molecule has 1 aliphatic carbocycles. The van der Waals surface area contributed by atoms with E-state index in [1.807, 2.05) is 44.2 Å². The molecular weight excluding hydrogens is 454 g/mol. The molecule has 3 N–H and O–H groups in total. The Balaban J connectivity index is 1.39. The molecule has 1 saturated carbocycles. The van der Waals surface area contributed by atoms with Crippen LogP contribution in [0.4, 0.5) is 23.0 Å². The van der Waals surface area contributed by atoms with Crippen LogP contribution in [0.1, 0.15) is 40.2 Å². The van der Waals surface area contributed by atoms with Crippen molar-refractivity contribution < 1.29 is 4.79 Å². The lowest BCUT2D eigenvalue weighted by molar-refractivity contribution is 0.102. The quantitative estimate of drug-likeness (QED) is 0.358. The number of aromatic nitrogens is 5.